The highest BCUT2D eigenvalue weighted by Crippen LogP contribution is 2.39. The van der Waals surface area contributed by atoms with Gasteiger partial charge in [0.1, 0.15) is 5.69 Å². The molecule has 2 bridgehead atoms. The molecule has 0 spiro atoms. The molecule has 1 aromatic rings. The van der Waals surface area contributed by atoms with Crippen molar-refractivity contribution in [3.05, 3.63) is 35.7 Å². The van der Waals surface area contributed by atoms with Crippen LogP contribution >= 0.6 is 0 Å². The van der Waals surface area contributed by atoms with Gasteiger partial charge in [-0.05, 0) is 36.5 Å². The van der Waals surface area contributed by atoms with E-state index in [1.54, 1.807) is 6.08 Å². The fourth-order valence-electron chi connectivity index (χ4n) is 3.02. The first-order chi connectivity index (χ1) is 9.78. The molecule has 114 valence electrons. The van der Waals surface area contributed by atoms with Gasteiger partial charge in [0.2, 0.25) is 0 Å². The van der Waals surface area contributed by atoms with Gasteiger partial charge >= 0.3 is 6.18 Å². The number of pyridine rings is 1. The van der Waals surface area contributed by atoms with Crippen LogP contribution in [0, 0.1) is 0 Å². The number of aromatic nitrogens is 1. The predicted molar refractivity (Wildman–Crippen MR) is 72.2 cm³/mol. The van der Waals surface area contributed by atoms with Gasteiger partial charge in [-0.1, -0.05) is 18.6 Å². The molecule has 3 nitrogen and oxygen atoms in total. The first-order valence-corrected chi connectivity index (χ1v) is 8.36. The van der Waals surface area contributed by atoms with Gasteiger partial charge in [0, 0.05) is 6.20 Å². The SMILES string of the molecule is O=S1(=O)C2C=C(c3ccc(C(F)(F)F)nc3)CC1CCC2. The zero-order chi connectivity index (χ0) is 15.3. The summed E-state index contributed by atoms with van der Waals surface area (Å²) in [7, 11) is -3.11. The van der Waals surface area contributed by atoms with Crippen LogP contribution in [0.5, 0.6) is 0 Å². The minimum atomic E-state index is -4.46. The summed E-state index contributed by atoms with van der Waals surface area (Å²) in [5.41, 5.74) is 0.436. The highest BCUT2D eigenvalue weighted by atomic mass is 32.2. The number of allylic oxidation sites excluding steroid dienone is 1. The van der Waals surface area contributed by atoms with Crippen molar-refractivity contribution in [2.75, 3.05) is 0 Å². The summed E-state index contributed by atoms with van der Waals surface area (Å²) in [5, 5.41) is -0.902. The van der Waals surface area contributed by atoms with Crippen molar-refractivity contribution >= 4 is 15.4 Å². The quantitative estimate of drug-likeness (QED) is 0.799. The highest BCUT2D eigenvalue weighted by Gasteiger charge is 2.40. The maximum atomic E-state index is 12.5. The maximum absolute atomic E-state index is 12.5. The van der Waals surface area contributed by atoms with E-state index in [1.807, 2.05) is 0 Å². The first-order valence-electron chi connectivity index (χ1n) is 6.75. The lowest BCUT2D eigenvalue weighted by Crippen LogP contribution is -2.38. The van der Waals surface area contributed by atoms with Gasteiger partial charge in [-0.15, -0.1) is 0 Å². The standard InChI is InChI=1S/C14H14F3NO2S/c15-14(16,17)13-5-4-9(8-18-13)10-6-11-2-1-3-12(7-10)21(11,19)20/h4-6,8,11-12H,1-3,7H2. The fourth-order valence-corrected chi connectivity index (χ4v) is 5.27. The fraction of sp³-hybridized carbons (Fsp3) is 0.500. The van der Waals surface area contributed by atoms with Gasteiger partial charge in [-0.2, -0.15) is 13.2 Å². The van der Waals surface area contributed by atoms with E-state index < -0.39 is 32.2 Å². The summed E-state index contributed by atoms with van der Waals surface area (Å²) in [6.07, 6.45) is 0.882. The van der Waals surface area contributed by atoms with E-state index in [9.17, 15) is 21.6 Å². The molecular weight excluding hydrogens is 303 g/mol. The van der Waals surface area contributed by atoms with Crippen LogP contribution in [0.3, 0.4) is 0 Å². The van der Waals surface area contributed by atoms with Crippen LogP contribution < -0.4 is 0 Å². The zero-order valence-electron chi connectivity index (χ0n) is 11.1. The molecule has 2 aliphatic rings. The van der Waals surface area contributed by atoms with Crippen molar-refractivity contribution in [1.82, 2.24) is 4.98 Å². The Labute approximate surface area is 120 Å². The van der Waals surface area contributed by atoms with Gasteiger partial charge in [0.25, 0.3) is 0 Å². The third-order valence-electron chi connectivity index (χ3n) is 4.16. The lowest BCUT2D eigenvalue weighted by atomic mass is 9.94. The van der Waals surface area contributed by atoms with E-state index >= 15 is 0 Å². The molecule has 7 heteroatoms. The number of nitrogens with zero attached hydrogens (tertiary/aromatic N) is 1. The van der Waals surface area contributed by atoms with Gasteiger partial charge in [-0.3, -0.25) is 4.98 Å². The van der Waals surface area contributed by atoms with Crippen LogP contribution in [0.15, 0.2) is 24.4 Å². The molecule has 1 fully saturated rings. The molecule has 2 aliphatic heterocycles. The van der Waals surface area contributed by atoms with Crippen molar-refractivity contribution in [2.45, 2.75) is 42.4 Å². The van der Waals surface area contributed by atoms with Crippen LogP contribution in [-0.2, 0) is 16.0 Å². The summed E-state index contributed by atoms with van der Waals surface area (Å²) >= 11 is 0. The highest BCUT2D eigenvalue weighted by molar-refractivity contribution is 7.93. The van der Waals surface area contributed by atoms with Crippen LogP contribution in [0.4, 0.5) is 13.2 Å². The second-order valence-corrected chi connectivity index (χ2v) is 7.96. The lowest BCUT2D eigenvalue weighted by Gasteiger charge is -2.33. The molecular formula is C14H14F3NO2S. The molecule has 2 unspecified atom stereocenters. The van der Waals surface area contributed by atoms with E-state index in [-0.39, 0.29) is 0 Å². The van der Waals surface area contributed by atoms with Gasteiger partial charge in [-0.25, -0.2) is 8.42 Å². The van der Waals surface area contributed by atoms with E-state index in [0.717, 1.165) is 18.1 Å². The normalized spacial score (nSPS) is 28.0. The molecule has 21 heavy (non-hydrogen) atoms. The Morgan fingerprint density at radius 2 is 1.95 bits per heavy atom. The average Bonchev–Trinajstić information content (AvgIpc) is 2.36. The van der Waals surface area contributed by atoms with Crippen molar-refractivity contribution in [1.29, 1.82) is 0 Å². The van der Waals surface area contributed by atoms with Gasteiger partial charge < -0.3 is 0 Å². The van der Waals surface area contributed by atoms with Crippen molar-refractivity contribution < 1.29 is 21.6 Å². The maximum Gasteiger partial charge on any atom is 0.433 e. The molecule has 2 atom stereocenters. The number of sulfone groups is 1. The summed E-state index contributed by atoms with van der Waals surface area (Å²) in [6.45, 7) is 0. The average molecular weight is 317 g/mol. The molecule has 0 aliphatic carbocycles. The van der Waals surface area contributed by atoms with Crippen molar-refractivity contribution in [3.8, 4) is 0 Å². The van der Waals surface area contributed by atoms with E-state index in [2.05, 4.69) is 4.98 Å². The Balaban J connectivity index is 1.93. The molecule has 0 radical (unpaired) electrons. The molecule has 3 heterocycles. The molecule has 1 saturated heterocycles. The second kappa shape index (κ2) is 4.83. The lowest BCUT2D eigenvalue weighted by molar-refractivity contribution is -0.141. The Morgan fingerprint density at radius 1 is 1.19 bits per heavy atom. The van der Waals surface area contributed by atoms with Crippen LogP contribution in [0.1, 0.15) is 36.9 Å². The number of hydrogen-bond donors (Lipinski definition) is 0. The number of rotatable bonds is 1. The number of alkyl halides is 3. The van der Waals surface area contributed by atoms with Crippen LogP contribution in [0.25, 0.3) is 5.57 Å². The second-order valence-electron chi connectivity index (χ2n) is 5.51. The molecule has 0 N–H and O–H groups in total. The van der Waals surface area contributed by atoms with E-state index in [1.165, 1.54) is 12.3 Å². The predicted octanol–water partition coefficient (Wildman–Crippen LogP) is 3.22. The Bertz CT molecular complexity index is 677. The Kier molecular flexibility index (Phi) is 3.35. The molecule has 1 aromatic heterocycles. The number of halogens is 3. The van der Waals surface area contributed by atoms with E-state index in [0.29, 0.717) is 24.8 Å². The molecule has 0 amide bonds. The van der Waals surface area contributed by atoms with Crippen molar-refractivity contribution in [2.24, 2.45) is 0 Å². The molecule has 3 rings (SSSR count). The molecule has 0 saturated carbocycles. The largest absolute Gasteiger partial charge is 0.433 e. The number of fused-ring (bicyclic) bond motifs is 2. The van der Waals surface area contributed by atoms with Crippen LogP contribution in [-0.4, -0.2) is 23.9 Å². The Morgan fingerprint density at radius 3 is 2.52 bits per heavy atom. The van der Waals surface area contributed by atoms with Gasteiger partial charge in [0.15, 0.2) is 9.84 Å². The monoisotopic (exact) mass is 317 g/mol. The van der Waals surface area contributed by atoms with Crippen molar-refractivity contribution in [3.63, 3.8) is 0 Å². The summed E-state index contributed by atoms with van der Waals surface area (Å²) in [5.74, 6) is 0. The third kappa shape index (κ3) is 2.59. The van der Waals surface area contributed by atoms with Gasteiger partial charge in [0.05, 0.1) is 10.5 Å². The molecule has 0 aromatic carbocycles. The van der Waals surface area contributed by atoms with E-state index in [4.69, 9.17) is 0 Å². The Hall–Kier alpha value is -1.37. The topological polar surface area (TPSA) is 47.0 Å². The van der Waals surface area contributed by atoms with Crippen LogP contribution in [0.2, 0.25) is 0 Å². The zero-order valence-corrected chi connectivity index (χ0v) is 11.9. The summed E-state index contributed by atoms with van der Waals surface area (Å²) in [4.78, 5) is 3.44. The summed E-state index contributed by atoms with van der Waals surface area (Å²) in [6, 6.07) is 2.31. The summed E-state index contributed by atoms with van der Waals surface area (Å²) < 4.78 is 61.8. The third-order valence-corrected chi connectivity index (χ3v) is 6.71. The first kappa shape index (κ1) is 14.6. The minimum Gasteiger partial charge on any atom is -0.251 e. The number of hydrogen-bond acceptors (Lipinski definition) is 3. The smallest absolute Gasteiger partial charge is 0.251 e. The minimum absolute atomic E-state index is 0.367.